The molecule has 0 bridgehead atoms. The van der Waals surface area contributed by atoms with E-state index in [0.717, 1.165) is 5.56 Å². The zero-order valence-corrected chi connectivity index (χ0v) is 13.4. The van der Waals surface area contributed by atoms with E-state index >= 15 is 0 Å². The zero-order valence-electron chi connectivity index (χ0n) is 13.4. The van der Waals surface area contributed by atoms with Crippen molar-refractivity contribution in [2.75, 3.05) is 11.9 Å². The number of hydrogen-bond donors (Lipinski definition) is 1. The third-order valence-electron chi connectivity index (χ3n) is 3.99. The lowest BCUT2D eigenvalue weighted by atomic mass is 10.2. The number of halogens is 1. The molecule has 2 aromatic rings. The van der Waals surface area contributed by atoms with Crippen LogP contribution in [0.4, 0.5) is 10.1 Å². The lowest BCUT2D eigenvalue weighted by Gasteiger charge is -2.09. The summed E-state index contributed by atoms with van der Waals surface area (Å²) < 4.78 is 19.8. The van der Waals surface area contributed by atoms with Crippen molar-refractivity contribution in [2.24, 2.45) is 5.92 Å². The summed E-state index contributed by atoms with van der Waals surface area (Å²) in [6.45, 7) is 2.77. The SMILES string of the molecule is CCO[C@H]1C[C@@H]1C(=O)Nc1cccn(Cc2ccc(F)cc2)c1=O. The first-order valence-electron chi connectivity index (χ1n) is 7.95. The quantitative estimate of drug-likeness (QED) is 0.885. The monoisotopic (exact) mass is 330 g/mol. The summed E-state index contributed by atoms with van der Waals surface area (Å²) in [7, 11) is 0. The van der Waals surface area contributed by atoms with E-state index in [1.807, 2.05) is 6.92 Å². The minimum absolute atomic E-state index is 0.0415. The minimum Gasteiger partial charge on any atom is -0.378 e. The highest BCUT2D eigenvalue weighted by molar-refractivity contribution is 5.94. The van der Waals surface area contributed by atoms with Gasteiger partial charge in [0.15, 0.2) is 0 Å². The molecule has 24 heavy (non-hydrogen) atoms. The van der Waals surface area contributed by atoms with Gasteiger partial charge in [-0.25, -0.2) is 4.39 Å². The summed E-state index contributed by atoms with van der Waals surface area (Å²) in [4.78, 5) is 24.6. The van der Waals surface area contributed by atoms with Crippen LogP contribution in [0, 0.1) is 11.7 Å². The predicted molar refractivity (Wildman–Crippen MR) is 88.4 cm³/mol. The van der Waals surface area contributed by atoms with Crippen molar-refractivity contribution in [3.8, 4) is 0 Å². The van der Waals surface area contributed by atoms with Gasteiger partial charge in [-0.05, 0) is 43.2 Å². The van der Waals surface area contributed by atoms with E-state index in [9.17, 15) is 14.0 Å². The molecule has 1 heterocycles. The number of carbonyl (C=O) groups excluding carboxylic acids is 1. The molecule has 5 nitrogen and oxygen atoms in total. The lowest BCUT2D eigenvalue weighted by Crippen LogP contribution is -2.27. The molecular formula is C18H19FN2O3. The van der Waals surface area contributed by atoms with Gasteiger partial charge in [-0.15, -0.1) is 0 Å². The van der Waals surface area contributed by atoms with Gasteiger partial charge in [0, 0.05) is 12.8 Å². The number of rotatable bonds is 6. The second-order valence-electron chi connectivity index (χ2n) is 5.81. The first-order chi connectivity index (χ1) is 11.6. The molecule has 2 atom stereocenters. The number of hydrogen-bond acceptors (Lipinski definition) is 3. The average Bonchev–Trinajstić information content (AvgIpc) is 3.33. The molecule has 1 aliphatic carbocycles. The largest absolute Gasteiger partial charge is 0.378 e. The summed E-state index contributed by atoms with van der Waals surface area (Å²) in [5.41, 5.74) is 0.760. The van der Waals surface area contributed by atoms with Crippen molar-refractivity contribution in [3.63, 3.8) is 0 Å². The number of anilines is 1. The van der Waals surface area contributed by atoms with Crippen molar-refractivity contribution < 1.29 is 13.9 Å². The second kappa shape index (κ2) is 6.97. The van der Waals surface area contributed by atoms with Crippen molar-refractivity contribution in [3.05, 3.63) is 64.3 Å². The maximum Gasteiger partial charge on any atom is 0.274 e. The Morgan fingerprint density at radius 2 is 2.08 bits per heavy atom. The summed E-state index contributed by atoms with van der Waals surface area (Å²) in [6, 6.07) is 9.25. The van der Waals surface area contributed by atoms with Gasteiger partial charge >= 0.3 is 0 Å². The van der Waals surface area contributed by atoms with Gasteiger partial charge in [-0.2, -0.15) is 0 Å². The molecule has 1 aliphatic rings. The molecule has 6 heteroatoms. The van der Waals surface area contributed by atoms with Gasteiger partial charge in [0.05, 0.1) is 18.6 Å². The van der Waals surface area contributed by atoms with Crippen LogP contribution >= 0.6 is 0 Å². The van der Waals surface area contributed by atoms with Crippen LogP contribution in [-0.2, 0) is 16.1 Å². The van der Waals surface area contributed by atoms with E-state index in [0.29, 0.717) is 19.6 Å². The molecule has 1 aromatic carbocycles. The Morgan fingerprint density at radius 1 is 1.33 bits per heavy atom. The number of pyridine rings is 1. The van der Waals surface area contributed by atoms with Gasteiger partial charge in [0.2, 0.25) is 5.91 Å². The highest BCUT2D eigenvalue weighted by Crippen LogP contribution is 2.34. The minimum atomic E-state index is -0.319. The summed E-state index contributed by atoms with van der Waals surface area (Å²) in [5, 5.41) is 2.68. The van der Waals surface area contributed by atoms with E-state index in [2.05, 4.69) is 5.32 Å². The number of carbonyl (C=O) groups is 1. The molecule has 0 radical (unpaired) electrons. The number of nitrogens with one attached hydrogen (secondary N) is 1. The topological polar surface area (TPSA) is 60.3 Å². The van der Waals surface area contributed by atoms with E-state index in [1.54, 1.807) is 30.5 Å². The van der Waals surface area contributed by atoms with E-state index < -0.39 is 0 Å². The second-order valence-corrected chi connectivity index (χ2v) is 5.81. The predicted octanol–water partition coefficient (Wildman–Crippen LogP) is 2.40. The number of nitrogens with zero attached hydrogens (tertiary/aromatic N) is 1. The lowest BCUT2D eigenvalue weighted by molar-refractivity contribution is -0.118. The molecule has 126 valence electrons. The fourth-order valence-electron chi connectivity index (χ4n) is 2.61. The van der Waals surface area contributed by atoms with Crippen LogP contribution in [0.2, 0.25) is 0 Å². The van der Waals surface area contributed by atoms with E-state index in [-0.39, 0.29) is 35.0 Å². The summed E-state index contributed by atoms with van der Waals surface area (Å²) in [5.74, 6) is -0.694. The van der Waals surface area contributed by atoms with Crippen LogP contribution in [0.5, 0.6) is 0 Å². The summed E-state index contributed by atoms with van der Waals surface area (Å²) >= 11 is 0. The first kappa shape index (κ1) is 16.4. The molecule has 1 N–H and O–H groups in total. The normalized spacial score (nSPS) is 19.1. The van der Waals surface area contributed by atoms with Gasteiger partial charge in [-0.3, -0.25) is 9.59 Å². The van der Waals surface area contributed by atoms with Crippen LogP contribution in [0.15, 0.2) is 47.4 Å². The average molecular weight is 330 g/mol. The number of amides is 1. The van der Waals surface area contributed by atoms with Crippen LogP contribution in [0.3, 0.4) is 0 Å². The molecule has 0 saturated heterocycles. The molecule has 1 fully saturated rings. The Bertz CT molecular complexity index is 786. The van der Waals surface area contributed by atoms with Crippen LogP contribution in [-0.4, -0.2) is 23.2 Å². The Morgan fingerprint density at radius 3 is 2.79 bits per heavy atom. The molecular weight excluding hydrogens is 311 g/mol. The molecule has 1 amide bonds. The maximum atomic E-state index is 13.0. The number of ether oxygens (including phenoxy) is 1. The Labute approximate surface area is 139 Å². The molecule has 0 unspecified atom stereocenters. The fraction of sp³-hybridized carbons (Fsp3) is 0.333. The van der Waals surface area contributed by atoms with E-state index in [4.69, 9.17) is 4.74 Å². The molecule has 0 aliphatic heterocycles. The molecule has 3 rings (SSSR count). The third kappa shape index (κ3) is 3.71. The van der Waals surface area contributed by atoms with Gasteiger partial charge in [0.1, 0.15) is 11.5 Å². The number of aromatic nitrogens is 1. The van der Waals surface area contributed by atoms with Crippen molar-refractivity contribution in [2.45, 2.75) is 26.0 Å². The van der Waals surface area contributed by atoms with Crippen LogP contribution in [0.1, 0.15) is 18.9 Å². The Balaban J connectivity index is 1.70. The summed E-state index contributed by atoms with van der Waals surface area (Å²) in [6.07, 6.45) is 2.29. The fourth-order valence-corrected chi connectivity index (χ4v) is 2.61. The first-order valence-corrected chi connectivity index (χ1v) is 7.95. The molecule has 1 saturated carbocycles. The maximum absolute atomic E-state index is 13.0. The number of benzene rings is 1. The van der Waals surface area contributed by atoms with Crippen LogP contribution < -0.4 is 10.9 Å². The van der Waals surface area contributed by atoms with Crippen molar-refractivity contribution >= 4 is 11.6 Å². The zero-order chi connectivity index (χ0) is 17.1. The highest BCUT2D eigenvalue weighted by Gasteiger charge is 2.44. The standard InChI is InChI=1S/C18H19FN2O3/c1-2-24-16-10-14(16)17(22)20-15-4-3-9-21(18(15)23)11-12-5-7-13(19)8-6-12/h3-9,14,16H,2,10-11H2,1H3,(H,20,22)/t14-,16-/m0/s1. The van der Waals surface area contributed by atoms with E-state index in [1.165, 1.54) is 16.7 Å². The van der Waals surface area contributed by atoms with Gasteiger partial charge < -0.3 is 14.6 Å². The van der Waals surface area contributed by atoms with Crippen molar-refractivity contribution in [1.29, 1.82) is 0 Å². The van der Waals surface area contributed by atoms with Crippen LogP contribution in [0.25, 0.3) is 0 Å². The molecule has 0 spiro atoms. The van der Waals surface area contributed by atoms with Gasteiger partial charge in [0.25, 0.3) is 5.56 Å². The third-order valence-corrected chi connectivity index (χ3v) is 3.99. The van der Waals surface area contributed by atoms with Gasteiger partial charge in [-0.1, -0.05) is 12.1 Å². The Hall–Kier alpha value is -2.47. The van der Waals surface area contributed by atoms with Crippen molar-refractivity contribution in [1.82, 2.24) is 4.57 Å². The highest BCUT2D eigenvalue weighted by atomic mass is 19.1. The molecule has 1 aromatic heterocycles. The Kier molecular flexibility index (Phi) is 4.76. The smallest absolute Gasteiger partial charge is 0.274 e.